The molecule has 3 heterocycles. The maximum absolute atomic E-state index is 13.4. The first-order valence-electron chi connectivity index (χ1n) is 11.9. The summed E-state index contributed by atoms with van der Waals surface area (Å²) < 4.78 is 10.8. The number of aromatic amines is 1. The van der Waals surface area contributed by atoms with Crippen molar-refractivity contribution in [2.75, 3.05) is 13.7 Å². The zero-order valence-corrected chi connectivity index (χ0v) is 19.6. The number of nitrogens with zero attached hydrogens (tertiary/aromatic N) is 1. The Morgan fingerprint density at radius 3 is 2.65 bits per heavy atom. The van der Waals surface area contributed by atoms with Crippen LogP contribution in [0.4, 0.5) is 0 Å². The van der Waals surface area contributed by atoms with Crippen molar-refractivity contribution >= 4 is 22.8 Å². The first kappa shape index (κ1) is 22.4. The molecule has 0 radical (unpaired) electrons. The van der Waals surface area contributed by atoms with Gasteiger partial charge >= 0.3 is 11.9 Å². The van der Waals surface area contributed by atoms with Crippen molar-refractivity contribution in [1.82, 2.24) is 9.88 Å². The van der Waals surface area contributed by atoms with Crippen LogP contribution in [-0.4, -0.2) is 41.5 Å². The lowest BCUT2D eigenvalue weighted by molar-refractivity contribution is -0.154. The van der Waals surface area contributed by atoms with Crippen molar-refractivity contribution in [2.45, 2.75) is 44.9 Å². The number of para-hydroxylation sites is 1. The smallest absolute Gasteiger partial charge is 0.324 e. The number of carbonyl (C=O) groups excluding carboxylic acids is 2. The highest BCUT2D eigenvalue weighted by atomic mass is 16.5. The number of H-pyrrole nitrogens is 1. The molecule has 0 amide bonds. The molecule has 1 saturated heterocycles. The zero-order chi connectivity index (χ0) is 23.7. The summed E-state index contributed by atoms with van der Waals surface area (Å²) in [5.74, 6) is -0.326. The summed E-state index contributed by atoms with van der Waals surface area (Å²) in [4.78, 5) is 31.4. The SMILES string of the molecule is C/C=C1/CN2[C@@H](C(=O)OCc3ccccc3)Cc3c([nH]c4ccccc34)[C@@H]2C[C@@H]1CC(=O)OC. The molecule has 6 nitrogen and oxygen atoms in total. The van der Waals surface area contributed by atoms with Gasteiger partial charge < -0.3 is 14.5 Å². The maximum atomic E-state index is 13.4. The summed E-state index contributed by atoms with van der Waals surface area (Å²) in [5.41, 5.74) is 5.55. The summed E-state index contributed by atoms with van der Waals surface area (Å²) in [6.07, 6.45) is 3.77. The normalized spacial score (nSPS) is 23.4. The summed E-state index contributed by atoms with van der Waals surface area (Å²) >= 11 is 0. The Bertz CT molecular complexity index is 1230. The number of hydrogen-bond acceptors (Lipinski definition) is 5. The Morgan fingerprint density at radius 2 is 1.88 bits per heavy atom. The van der Waals surface area contributed by atoms with Gasteiger partial charge in [-0.2, -0.15) is 0 Å². The van der Waals surface area contributed by atoms with E-state index in [1.54, 1.807) is 0 Å². The predicted molar refractivity (Wildman–Crippen MR) is 130 cm³/mol. The lowest BCUT2D eigenvalue weighted by atomic mass is 9.78. The highest BCUT2D eigenvalue weighted by molar-refractivity contribution is 5.87. The second kappa shape index (κ2) is 9.47. The fraction of sp³-hybridized carbons (Fsp3) is 0.357. The van der Waals surface area contributed by atoms with E-state index in [1.165, 1.54) is 18.2 Å². The number of carbonyl (C=O) groups is 2. The largest absolute Gasteiger partial charge is 0.469 e. The number of rotatable bonds is 5. The average molecular weight is 459 g/mol. The van der Waals surface area contributed by atoms with Crippen LogP contribution < -0.4 is 0 Å². The third-order valence-electron chi connectivity index (χ3n) is 7.28. The molecular weight excluding hydrogens is 428 g/mol. The molecule has 3 atom stereocenters. The van der Waals surface area contributed by atoms with Crippen molar-refractivity contribution in [3.8, 4) is 0 Å². The van der Waals surface area contributed by atoms with Crippen molar-refractivity contribution < 1.29 is 19.1 Å². The average Bonchev–Trinajstić information content (AvgIpc) is 3.25. The van der Waals surface area contributed by atoms with Gasteiger partial charge in [0.1, 0.15) is 12.6 Å². The third-order valence-corrected chi connectivity index (χ3v) is 7.28. The van der Waals surface area contributed by atoms with Gasteiger partial charge in [-0.1, -0.05) is 60.2 Å². The Hall–Kier alpha value is -3.38. The maximum Gasteiger partial charge on any atom is 0.324 e. The van der Waals surface area contributed by atoms with Crippen LogP contribution in [0, 0.1) is 5.92 Å². The molecule has 0 aliphatic carbocycles. The van der Waals surface area contributed by atoms with Gasteiger partial charge in [0.05, 0.1) is 19.6 Å². The molecule has 1 aromatic heterocycles. The predicted octanol–water partition coefficient (Wildman–Crippen LogP) is 4.71. The van der Waals surface area contributed by atoms with E-state index in [0.717, 1.165) is 28.6 Å². The van der Waals surface area contributed by atoms with Crippen LogP contribution >= 0.6 is 0 Å². The van der Waals surface area contributed by atoms with Gasteiger partial charge in [0, 0.05) is 29.6 Å². The van der Waals surface area contributed by atoms with Gasteiger partial charge in [-0.25, -0.2) is 0 Å². The Balaban J connectivity index is 1.48. The zero-order valence-electron chi connectivity index (χ0n) is 19.6. The van der Waals surface area contributed by atoms with Crippen LogP contribution in [0.2, 0.25) is 0 Å². The van der Waals surface area contributed by atoms with E-state index in [2.05, 4.69) is 28.1 Å². The highest BCUT2D eigenvalue weighted by Crippen LogP contribution is 2.46. The van der Waals surface area contributed by atoms with Crippen molar-refractivity contribution in [3.05, 3.63) is 83.1 Å². The standard InChI is InChI=1S/C28H30N2O4/c1-3-19-16-30-24(13-20(19)14-26(31)33-2)27-22(21-11-7-8-12-23(21)29-27)15-25(30)28(32)34-17-18-9-5-4-6-10-18/h3-12,20,24-25,29H,13-17H2,1-2H3/b19-3-/t20-,24+,25-/m1/s1. The molecule has 0 bridgehead atoms. The van der Waals surface area contributed by atoms with Gasteiger partial charge in [-0.05, 0) is 36.5 Å². The Kier molecular flexibility index (Phi) is 6.24. The van der Waals surface area contributed by atoms with Crippen molar-refractivity contribution in [2.24, 2.45) is 5.92 Å². The van der Waals surface area contributed by atoms with E-state index >= 15 is 0 Å². The number of esters is 2. The molecule has 0 unspecified atom stereocenters. The number of piperidine rings is 1. The van der Waals surface area contributed by atoms with Gasteiger partial charge in [-0.15, -0.1) is 0 Å². The molecule has 0 spiro atoms. The quantitative estimate of drug-likeness (QED) is 0.443. The molecule has 2 aromatic carbocycles. The number of allylic oxidation sites excluding steroid dienone is 1. The van der Waals surface area contributed by atoms with E-state index in [9.17, 15) is 9.59 Å². The van der Waals surface area contributed by atoms with Crippen molar-refractivity contribution in [1.29, 1.82) is 0 Å². The summed E-state index contributed by atoms with van der Waals surface area (Å²) in [6.45, 7) is 2.89. The molecule has 1 N–H and O–H groups in total. The molecule has 1 fully saturated rings. The van der Waals surface area contributed by atoms with Gasteiger partial charge in [0.2, 0.25) is 0 Å². The van der Waals surface area contributed by atoms with E-state index < -0.39 is 0 Å². The van der Waals surface area contributed by atoms with Crippen LogP contribution in [0.1, 0.15) is 42.6 Å². The Labute approximate surface area is 199 Å². The molecule has 0 saturated carbocycles. The lowest BCUT2D eigenvalue weighted by Gasteiger charge is -2.46. The van der Waals surface area contributed by atoms with Gasteiger partial charge in [-0.3, -0.25) is 14.5 Å². The van der Waals surface area contributed by atoms with Crippen molar-refractivity contribution in [3.63, 3.8) is 0 Å². The van der Waals surface area contributed by atoms with Crippen LogP contribution in [0.15, 0.2) is 66.2 Å². The number of benzene rings is 2. The van der Waals surface area contributed by atoms with Crippen LogP contribution in [-0.2, 0) is 32.1 Å². The van der Waals surface area contributed by atoms with Gasteiger partial charge in [0.25, 0.3) is 0 Å². The number of aromatic nitrogens is 1. The minimum Gasteiger partial charge on any atom is -0.469 e. The fourth-order valence-corrected chi connectivity index (χ4v) is 5.52. The lowest BCUT2D eigenvalue weighted by Crippen LogP contribution is -2.52. The first-order valence-corrected chi connectivity index (χ1v) is 11.9. The topological polar surface area (TPSA) is 71.6 Å². The summed E-state index contributed by atoms with van der Waals surface area (Å²) in [5, 5.41) is 1.15. The minimum atomic E-state index is -0.380. The van der Waals surface area contributed by atoms with Crippen LogP contribution in [0.5, 0.6) is 0 Å². The number of nitrogens with one attached hydrogen (secondary N) is 1. The highest BCUT2D eigenvalue weighted by Gasteiger charge is 2.45. The molecule has 2 aliphatic heterocycles. The molecule has 3 aromatic rings. The van der Waals surface area contributed by atoms with Crippen LogP contribution in [0.3, 0.4) is 0 Å². The summed E-state index contributed by atoms with van der Waals surface area (Å²) in [7, 11) is 1.43. The first-order chi connectivity index (χ1) is 16.6. The van der Waals surface area contributed by atoms with Gasteiger partial charge in [0.15, 0.2) is 0 Å². The van der Waals surface area contributed by atoms with E-state index in [1.807, 2.05) is 49.4 Å². The fourth-order valence-electron chi connectivity index (χ4n) is 5.52. The van der Waals surface area contributed by atoms with Crippen LogP contribution in [0.25, 0.3) is 10.9 Å². The molecule has 2 aliphatic rings. The Morgan fingerprint density at radius 1 is 1.12 bits per heavy atom. The molecule has 34 heavy (non-hydrogen) atoms. The molecular formula is C28H30N2O4. The second-order valence-electron chi connectivity index (χ2n) is 9.14. The summed E-state index contributed by atoms with van der Waals surface area (Å²) in [6, 6.07) is 17.6. The van der Waals surface area contributed by atoms with E-state index in [-0.39, 0.29) is 36.5 Å². The number of ether oxygens (including phenoxy) is 2. The number of hydrogen-bond donors (Lipinski definition) is 1. The van der Waals surface area contributed by atoms with E-state index in [4.69, 9.17) is 9.47 Å². The van der Waals surface area contributed by atoms with E-state index in [0.29, 0.717) is 19.4 Å². The molecule has 6 heteroatoms. The number of fused-ring (bicyclic) bond motifs is 5. The third kappa shape index (κ3) is 4.14. The minimum absolute atomic E-state index is 0.00350. The molecule has 176 valence electrons. The monoisotopic (exact) mass is 458 g/mol. The molecule has 5 rings (SSSR count). The number of methoxy groups -OCH3 is 1. The second-order valence-corrected chi connectivity index (χ2v) is 9.14.